The Morgan fingerprint density at radius 1 is 1.67 bits per heavy atom. The van der Waals surface area contributed by atoms with E-state index in [1.807, 2.05) is 13.8 Å². The summed E-state index contributed by atoms with van der Waals surface area (Å²) in [4.78, 5) is 11.9. The highest BCUT2D eigenvalue weighted by Gasteiger charge is 2.08. The topological polar surface area (TPSA) is 42.0 Å². The van der Waals surface area contributed by atoms with Gasteiger partial charge < -0.3 is 5.32 Å². The summed E-state index contributed by atoms with van der Waals surface area (Å²) >= 11 is 6.72. The van der Waals surface area contributed by atoms with Crippen LogP contribution in [0.5, 0.6) is 0 Å². The Morgan fingerprint density at radius 3 is 2.75 bits per heavy atom. The first-order valence-corrected chi connectivity index (χ1v) is 4.74. The first kappa shape index (κ1) is 9.48. The summed E-state index contributed by atoms with van der Waals surface area (Å²) < 4.78 is 4.09. The highest BCUT2D eigenvalue weighted by Crippen LogP contribution is 2.22. The second-order valence-electron chi connectivity index (χ2n) is 2.38. The molecule has 0 saturated heterocycles. The van der Waals surface area contributed by atoms with E-state index < -0.39 is 0 Å². The van der Waals surface area contributed by atoms with E-state index in [9.17, 15) is 4.79 Å². The number of aryl methyl sites for hydroxylation is 2. The summed E-state index contributed by atoms with van der Waals surface area (Å²) in [6.07, 6.45) is 0. The van der Waals surface area contributed by atoms with Gasteiger partial charge >= 0.3 is 0 Å². The molecule has 0 radical (unpaired) electrons. The standard InChI is InChI=1S/C7H9ClN2OS/c1-4-7(5(2)12-10-4)9-6(11)3-8/h3H2,1-2H3,(H,9,11). The number of nitrogens with one attached hydrogen (secondary N) is 1. The van der Waals surface area contributed by atoms with E-state index in [-0.39, 0.29) is 11.8 Å². The van der Waals surface area contributed by atoms with Crippen LogP contribution in [0.4, 0.5) is 5.69 Å². The van der Waals surface area contributed by atoms with Crippen LogP contribution in [-0.2, 0) is 4.79 Å². The Balaban J connectivity index is 2.80. The van der Waals surface area contributed by atoms with Gasteiger partial charge in [-0.2, -0.15) is 4.37 Å². The van der Waals surface area contributed by atoms with Crippen molar-refractivity contribution in [3.05, 3.63) is 10.6 Å². The zero-order valence-corrected chi connectivity index (χ0v) is 8.42. The zero-order valence-electron chi connectivity index (χ0n) is 6.85. The third kappa shape index (κ3) is 1.95. The molecule has 12 heavy (non-hydrogen) atoms. The number of anilines is 1. The quantitative estimate of drug-likeness (QED) is 0.749. The smallest absolute Gasteiger partial charge is 0.239 e. The third-order valence-corrected chi connectivity index (χ3v) is 2.51. The lowest BCUT2D eigenvalue weighted by Crippen LogP contribution is -2.13. The molecule has 0 aliphatic rings. The number of hydrogen-bond acceptors (Lipinski definition) is 3. The van der Waals surface area contributed by atoms with Crippen molar-refractivity contribution < 1.29 is 4.79 Å². The Morgan fingerprint density at radius 2 is 2.33 bits per heavy atom. The average molecular weight is 205 g/mol. The Bertz CT molecular complexity index is 278. The number of hydrogen-bond donors (Lipinski definition) is 1. The lowest BCUT2D eigenvalue weighted by atomic mass is 10.3. The summed E-state index contributed by atoms with van der Waals surface area (Å²) in [6, 6.07) is 0. The minimum atomic E-state index is -0.192. The van der Waals surface area contributed by atoms with Gasteiger partial charge in [-0.15, -0.1) is 11.6 Å². The molecule has 1 aromatic heterocycles. The van der Waals surface area contributed by atoms with Gasteiger partial charge in [0.25, 0.3) is 0 Å². The van der Waals surface area contributed by atoms with Gasteiger partial charge in [0.05, 0.1) is 11.4 Å². The normalized spacial score (nSPS) is 9.92. The maximum Gasteiger partial charge on any atom is 0.239 e. The number of nitrogens with zero attached hydrogens (tertiary/aromatic N) is 1. The predicted molar refractivity (Wildman–Crippen MR) is 50.9 cm³/mol. The average Bonchev–Trinajstić information content (AvgIpc) is 2.35. The monoisotopic (exact) mass is 204 g/mol. The Hall–Kier alpha value is -0.610. The molecule has 1 rings (SSSR count). The molecule has 1 aromatic rings. The van der Waals surface area contributed by atoms with Crippen molar-refractivity contribution in [2.75, 3.05) is 11.2 Å². The lowest BCUT2D eigenvalue weighted by Gasteiger charge is -2.01. The predicted octanol–water partition coefficient (Wildman–Crippen LogP) is 1.94. The fourth-order valence-corrected chi connectivity index (χ4v) is 1.56. The van der Waals surface area contributed by atoms with Crippen LogP contribution in [0.3, 0.4) is 0 Å². The van der Waals surface area contributed by atoms with Gasteiger partial charge in [-0.05, 0) is 25.4 Å². The first-order valence-electron chi connectivity index (χ1n) is 3.44. The van der Waals surface area contributed by atoms with Gasteiger partial charge in [-0.1, -0.05) is 0 Å². The molecule has 0 aliphatic carbocycles. The molecule has 0 aliphatic heterocycles. The molecular formula is C7H9ClN2OS. The third-order valence-electron chi connectivity index (χ3n) is 1.42. The number of halogens is 1. The fraction of sp³-hybridized carbons (Fsp3) is 0.429. The molecule has 0 spiro atoms. The lowest BCUT2D eigenvalue weighted by molar-refractivity contribution is -0.113. The molecular weight excluding hydrogens is 196 g/mol. The largest absolute Gasteiger partial charge is 0.323 e. The van der Waals surface area contributed by atoms with Crippen LogP contribution in [0.1, 0.15) is 10.6 Å². The van der Waals surface area contributed by atoms with Crippen molar-refractivity contribution in [2.45, 2.75) is 13.8 Å². The van der Waals surface area contributed by atoms with Crippen molar-refractivity contribution in [1.29, 1.82) is 0 Å². The van der Waals surface area contributed by atoms with E-state index >= 15 is 0 Å². The minimum Gasteiger partial charge on any atom is -0.323 e. The summed E-state index contributed by atoms with van der Waals surface area (Å²) in [5.74, 6) is -0.211. The molecule has 0 unspecified atom stereocenters. The summed E-state index contributed by atoms with van der Waals surface area (Å²) in [7, 11) is 0. The second kappa shape index (κ2) is 3.87. The Kier molecular flexibility index (Phi) is 3.05. The summed E-state index contributed by atoms with van der Waals surface area (Å²) in [5.41, 5.74) is 1.64. The van der Waals surface area contributed by atoms with Crippen molar-refractivity contribution in [2.24, 2.45) is 0 Å². The fourth-order valence-electron chi connectivity index (χ4n) is 0.834. The Labute approximate surface area is 79.9 Å². The van der Waals surface area contributed by atoms with Crippen LogP contribution < -0.4 is 5.32 Å². The van der Waals surface area contributed by atoms with Crippen molar-refractivity contribution in [1.82, 2.24) is 4.37 Å². The number of aromatic nitrogens is 1. The van der Waals surface area contributed by atoms with Gasteiger partial charge in [0.1, 0.15) is 5.88 Å². The summed E-state index contributed by atoms with van der Waals surface area (Å²) in [6.45, 7) is 3.77. The molecule has 0 aromatic carbocycles. The molecule has 0 saturated carbocycles. The number of amides is 1. The van der Waals surface area contributed by atoms with Crippen LogP contribution in [0.25, 0.3) is 0 Å². The molecule has 0 fully saturated rings. The van der Waals surface area contributed by atoms with Gasteiger partial charge in [0.15, 0.2) is 0 Å². The summed E-state index contributed by atoms with van der Waals surface area (Å²) in [5, 5.41) is 2.69. The minimum absolute atomic E-state index is 0.0191. The van der Waals surface area contributed by atoms with Crippen molar-refractivity contribution in [3.63, 3.8) is 0 Å². The SMILES string of the molecule is Cc1nsc(C)c1NC(=O)CCl. The zero-order chi connectivity index (χ0) is 9.14. The number of alkyl halides is 1. The van der Waals surface area contributed by atoms with Crippen LogP contribution in [0.15, 0.2) is 0 Å². The van der Waals surface area contributed by atoms with Gasteiger partial charge in [0.2, 0.25) is 5.91 Å². The maximum absolute atomic E-state index is 10.9. The molecule has 0 atom stereocenters. The first-order chi connectivity index (χ1) is 5.65. The molecule has 0 bridgehead atoms. The molecule has 1 N–H and O–H groups in total. The molecule has 5 heteroatoms. The molecule has 1 amide bonds. The van der Waals surface area contributed by atoms with Gasteiger partial charge in [0, 0.05) is 4.88 Å². The second-order valence-corrected chi connectivity index (χ2v) is 3.63. The highest BCUT2D eigenvalue weighted by atomic mass is 35.5. The van der Waals surface area contributed by atoms with Crippen molar-refractivity contribution in [3.8, 4) is 0 Å². The van der Waals surface area contributed by atoms with Crippen molar-refractivity contribution >= 4 is 34.7 Å². The highest BCUT2D eigenvalue weighted by molar-refractivity contribution is 7.06. The van der Waals surface area contributed by atoms with Crippen LogP contribution in [0, 0.1) is 13.8 Å². The maximum atomic E-state index is 10.9. The van der Waals surface area contributed by atoms with E-state index in [1.165, 1.54) is 11.5 Å². The number of rotatable bonds is 2. The van der Waals surface area contributed by atoms with Crippen LogP contribution in [0.2, 0.25) is 0 Å². The number of carbonyl (C=O) groups is 1. The van der Waals surface area contributed by atoms with E-state index in [0.717, 1.165) is 16.3 Å². The van der Waals surface area contributed by atoms with E-state index in [2.05, 4.69) is 9.69 Å². The molecule has 1 heterocycles. The van der Waals surface area contributed by atoms with Gasteiger partial charge in [-0.25, -0.2) is 0 Å². The van der Waals surface area contributed by atoms with Crippen LogP contribution in [-0.4, -0.2) is 16.2 Å². The molecule has 3 nitrogen and oxygen atoms in total. The number of carbonyl (C=O) groups excluding carboxylic acids is 1. The van der Waals surface area contributed by atoms with Gasteiger partial charge in [-0.3, -0.25) is 4.79 Å². The van der Waals surface area contributed by atoms with E-state index in [1.54, 1.807) is 0 Å². The van der Waals surface area contributed by atoms with E-state index in [0.29, 0.717) is 0 Å². The van der Waals surface area contributed by atoms with Crippen LogP contribution >= 0.6 is 23.1 Å². The molecule has 66 valence electrons. The van der Waals surface area contributed by atoms with E-state index in [4.69, 9.17) is 11.6 Å².